The molecule has 2 aromatic carbocycles. The summed E-state index contributed by atoms with van der Waals surface area (Å²) >= 11 is 0. The van der Waals surface area contributed by atoms with E-state index < -0.39 is 5.63 Å². The molecule has 28 heavy (non-hydrogen) atoms. The second kappa shape index (κ2) is 8.17. The van der Waals surface area contributed by atoms with Gasteiger partial charge in [0.25, 0.3) is 5.91 Å². The topological polar surface area (TPSA) is 77.8 Å². The number of hydrogen-bond donors (Lipinski definition) is 1. The second-order valence-corrected chi connectivity index (χ2v) is 6.78. The first-order valence-corrected chi connectivity index (χ1v) is 9.06. The fourth-order valence-electron chi connectivity index (χ4n) is 2.94. The average Bonchev–Trinajstić information content (AvgIpc) is 2.66. The van der Waals surface area contributed by atoms with E-state index in [0.717, 1.165) is 5.56 Å². The van der Waals surface area contributed by atoms with E-state index in [9.17, 15) is 9.59 Å². The number of ether oxygens (including phenoxy) is 2. The molecule has 1 N–H and O–H groups in total. The highest BCUT2D eigenvalue weighted by atomic mass is 16.5. The highest BCUT2D eigenvalue weighted by Gasteiger charge is 2.17. The first kappa shape index (κ1) is 19.5. The van der Waals surface area contributed by atoms with Gasteiger partial charge in [-0.05, 0) is 50.6 Å². The molecule has 3 rings (SSSR count). The Bertz CT molecular complexity index is 1050. The summed E-state index contributed by atoms with van der Waals surface area (Å²) in [5, 5.41) is 3.47. The lowest BCUT2D eigenvalue weighted by Crippen LogP contribution is -2.27. The maximum Gasteiger partial charge on any atom is 0.337 e. The summed E-state index contributed by atoms with van der Waals surface area (Å²) in [5.41, 5.74) is 0.878. The van der Waals surface area contributed by atoms with E-state index in [-0.39, 0.29) is 23.6 Å². The number of hydrogen-bond acceptors (Lipinski definition) is 5. The zero-order valence-corrected chi connectivity index (χ0v) is 16.3. The summed E-state index contributed by atoms with van der Waals surface area (Å²) in [6.45, 7) is 5.68. The van der Waals surface area contributed by atoms with Crippen molar-refractivity contribution in [3.63, 3.8) is 0 Å². The van der Waals surface area contributed by atoms with Gasteiger partial charge >= 0.3 is 5.63 Å². The van der Waals surface area contributed by atoms with Crippen LogP contribution in [0, 0.1) is 0 Å². The molecule has 6 nitrogen and oxygen atoms in total. The van der Waals surface area contributed by atoms with Crippen LogP contribution in [0.2, 0.25) is 0 Å². The molecule has 1 aromatic heterocycles. The largest absolute Gasteiger partial charge is 0.497 e. The molecule has 1 unspecified atom stereocenters. The van der Waals surface area contributed by atoms with Crippen LogP contribution in [0.15, 0.2) is 57.7 Å². The third-order valence-electron chi connectivity index (χ3n) is 4.27. The van der Waals surface area contributed by atoms with Gasteiger partial charge in [0.2, 0.25) is 0 Å². The lowest BCUT2D eigenvalue weighted by atomic mass is 10.1. The first-order chi connectivity index (χ1) is 13.4. The van der Waals surface area contributed by atoms with Crippen molar-refractivity contribution in [2.75, 3.05) is 7.11 Å². The molecule has 6 heteroatoms. The molecule has 1 atom stereocenters. The fourth-order valence-corrected chi connectivity index (χ4v) is 2.94. The van der Waals surface area contributed by atoms with E-state index >= 15 is 0 Å². The highest BCUT2D eigenvalue weighted by Crippen LogP contribution is 2.24. The smallest absolute Gasteiger partial charge is 0.337 e. The minimum absolute atomic E-state index is 0.0145. The summed E-state index contributed by atoms with van der Waals surface area (Å²) in [5.74, 6) is 0.931. The number of carbonyl (C=O) groups is 1. The van der Waals surface area contributed by atoms with Crippen molar-refractivity contribution in [3.05, 3.63) is 70.1 Å². The van der Waals surface area contributed by atoms with Crippen molar-refractivity contribution < 1.29 is 18.7 Å². The Balaban J connectivity index is 1.91. The Labute approximate surface area is 163 Å². The van der Waals surface area contributed by atoms with Gasteiger partial charge in [0.1, 0.15) is 17.1 Å². The van der Waals surface area contributed by atoms with E-state index in [1.165, 1.54) is 6.07 Å². The van der Waals surface area contributed by atoms with Crippen molar-refractivity contribution in [1.29, 1.82) is 0 Å². The van der Waals surface area contributed by atoms with Crippen molar-refractivity contribution in [2.24, 2.45) is 0 Å². The molecule has 0 fully saturated rings. The number of rotatable bonds is 6. The monoisotopic (exact) mass is 381 g/mol. The van der Waals surface area contributed by atoms with Crippen molar-refractivity contribution >= 4 is 16.9 Å². The molecule has 0 aliphatic carbocycles. The third-order valence-corrected chi connectivity index (χ3v) is 4.27. The molecular weight excluding hydrogens is 358 g/mol. The van der Waals surface area contributed by atoms with Gasteiger partial charge in [-0.3, -0.25) is 4.79 Å². The lowest BCUT2D eigenvalue weighted by Gasteiger charge is -2.16. The maximum atomic E-state index is 12.9. The van der Waals surface area contributed by atoms with E-state index in [4.69, 9.17) is 13.9 Å². The van der Waals surface area contributed by atoms with E-state index in [2.05, 4.69) is 5.32 Å². The van der Waals surface area contributed by atoms with Crippen molar-refractivity contribution in [1.82, 2.24) is 5.32 Å². The number of fused-ring (bicyclic) bond motifs is 1. The molecule has 1 heterocycles. The Morgan fingerprint density at radius 3 is 2.54 bits per heavy atom. The van der Waals surface area contributed by atoms with E-state index in [1.54, 1.807) is 25.3 Å². The van der Waals surface area contributed by atoms with Crippen LogP contribution < -0.4 is 20.4 Å². The Kier molecular flexibility index (Phi) is 5.68. The average molecular weight is 381 g/mol. The van der Waals surface area contributed by atoms with E-state index in [1.807, 2.05) is 45.0 Å². The van der Waals surface area contributed by atoms with Crippen LogP contribution in [-0.2, 0) is 0 Å². The van der Waals surface area contributed by atoms with E-state index in [0.29, 0.717) is 22.5 Å². The molecule has 0 saturated carbocycles. The minimum Gasteiger partial charge on any atom is -0.497 e. The Morgan fingerprint density at radius 1 is 1.04 bits per heavy atom. The van der Waals surface area contributed by atoms with Crippen LogP contribution in [0.3, 0.4) is 0 Å². The molecule has 146 valence electrons. The fraction of sp³-hybridized carbons (Fsp3) is 0.273. The number of amides is 1. The third kappa shape index (κ3) is 4.34. The number of nitrogens with one attached hydrogen (secondary N) is 1. The summed E-state index contributed by atoms with van der Waals surface area (Å²) in [7, 11) is 1.59. The summed E-state index contributed by atoms with van der Waals surface area (Å²) in [4.78, 5) is 24.8. The number of methoxy groups -OCH3 is 1. The first-order valence-electron chi connectivity index (χ1n) is 9.06. The summed E-state index contributed by atoms with van der Waals surface area (Å²) < 4.78 is 16.1. The molecule has 0 bridgehead atoms. The SMILES string of the molecule is COc1cccc(C(C)NC(=O)c2cc(=O)oc3cc(OC(C)C)ccc23)c1. The van der Waals surface area contributed by atoms with Gasteiger partial charge in [-0.2, -0.15) is 0 Å². The number of benzene rings is 2. The maximum absolute atomic E-state index is 12.9. The normalized spacial score (nSPS) is 12.0. The molecule has 0 spiro atoms. The van der Waals surface area contributed by atoms with Gasteiger partial charge in [-0.1, -0.05) is 12.1 Å². The Morgan fingerprint density at radius 2 is 1.82 bits per heavy atom. The predicted molar refractivity (Wildman–Crippen MR) is 107 cm³/mol. The zero-order valence-electron chi connectivity index (χ0n) is 16.3. The van der Waals surface area contributed by atoms with Gasteiger partial charge in [0.05, 0.1) is 24.8 Å². The predicted octanol–water partition coefficient (Wildman–Crippen LogP) is 4.08. The van der Waals surface area contributed by atoms with Crippen LogP contribution in [0.4, 0.5) is 0 Å². The molecule has 0 aliphatic rings. The molecule has 0 radical (unpaired) electrons. The van der Waals surface area contributed by atoms with Crippen LogP contribution in [0.25, 0.3) is 11.0 Å². The Hall–Kier alpha value is -3.28. The standard InChI is InChI=1S/C22H23NO5/c1-13(2)27-17-8-9-18-19(12-21(24)28-20(18)11-17)22(25)23-14(3)15-6-5-7-16(10-15)26-4/h5-14H,1-4H3,(H,23,25). The quantitative estimate of drug-likeness (QED) is 0.651. The van der Waals surface area contributed by atoms with Crippen molar-refractivity contribution in [3.8, 4) is 11.5 Å². The van der Waals surface area contributed by atoms with Crippen LogP contribution in [0.1, 0.15) is 42.7 Å². The number of carbonyl (C=O) groups excluding carboxylic acids is 1. The molecule has 1 amide bonds. The van der Waals surface area contributed by atoms with Gasteiger partial charge in [0, 0.05) is 17.5 Å². The molecule has 0 aliphatic heterocycles. The van der Waals surface area contributed by atoms with Gasteiger partial charge < -0.3 is 19.2 Å². The van der Waals surface area contributed by atoms with Crippen LogP contribution >= 0.6 is 0 Å². The van der Waals surface area contributed by atoms with Crippen molar-refractivity contribution in [2.45, 2.75) is 32.9 Å². The van der Waals surface area contributed by atoms with Gasteiger partial charge in [-0.15, -0.1) is 0 Å². The minimum atomic E-state index is -0.589. The van der Waals surface area contributed by atoms with Crippen LogP contribution in [-0.4, -0.2) is 19.1 Å². The lowest BCUT2D eigenvalue weighted by molar-refractivity contribution is 0.0941. The summed E-state index contributed by atoms with van der Waals surface area (Å²) in [6, 6.07) is 13.5. The molecule has 3 aromatic rings. The second-order valence-electron chi connectivity index (χ2n) is 6.78. The van der Waals surface area contributed by atoms with Gasteiger partial charge in [-0.25, -0.2) is 4.79 Å². The molecular formula is C22H23NO5. The van der Waals surface area contributed by atoms with Crippen LogP contribution in [0.5, 0.6) is 11.5 Å². The summed E-state index contributed by atoms with van der Waals surface area (Å²) in [6.07, 6.45) is -0.0145. The molecule has 0 saturated heterocycles. The van der Waals surface area contributed by atoms with Gasteiger partial charge in [0.15, 0.2) is 0 Å². The highest BCUT2D eigenvalue weighted by molar-refractivity contribution is 6.05. The zero-order chi connectivity index (χ0) is 20.3.